The van der Waals surface area contributed by atoms with Crippen LogP contribution in [-0.2, 0) is 29.2 Å². The third kappa shape index (κ3) is 7.82. The molecule has 4 N–H and O–H groups in total. The average molecular weight is 733 g/mol. The van der Waals surface area contributed by atoms with Gasteiger partial charge in [0.25, 0.3) is 5.91 Å². The Kier molecular flexibility index (Phi) is 10.1. The van der Waals surface area contributed by atoms with Crippen molar-refractivity contribution in [1.29, 1.82) is 0 Å². The topological polar surface area (TPSA) is 174 Å². The number of urea groups is 1. The second kappa shape index (κ2) is 13.6. The Morgan fingerprint density at radius 1 is 0.922 bits per heavy atom. The number of rotatable bonds is 14. The van der Waals surface area contributed by atoms with Crippen molar-refractivity contribution >= 4 is 39.6 Å². The Hall–Kier alpha value is -2.74. The Labute approximate surface area is 303 Å². The van der Waals surface area contributed by atoms with Crippen molar-refractivity contribution in [2.45, 2.75) is 160 Å². The quantitative estimate of drug-likeness (QED) is 0.199. The van der Waals surface area contributed by atoms with Crippen LogP contribution < -0.4 is 21.3 Å². The fourth-order valence-electron chi connectivity index (χ4n) is 8.84. The minimum absolute atomic E-state index is 0.00129. The summed E-state index contributed by atoms with van der Waals surface area (Å²) < 4.78 is 28.9. The molecule has 5 saturated carbocycles. The monoisotopic (exact) mass is 732 g/mol. The molecule has 0 aromatic heterocycles. The molecule has 6 rings (SSSR count). The Balaban J connectivity index is 1.19. The van der Waals surface area contributed by atoms with Gasteiger partial charge in [0, 0.05) is 25.7 Å². The van der Waals surface area contributed by atoms with Gasteiger partial charge in [-0.3, -0.25) is 19.2 Å². The fourth-order valence-corrected chi connectivity index (χ4v) is 10.8. The van der Waals surface area contributed by atoms with E-state index in [9.17, 15) is 32.4 Å². The molecule has 6 fully saturated rings. The number of carbonyl (C=O) groups excluding carboxylic acids is 5. The summed E-state index contributed by atoms with van der Waals surface area (Å²) in [5, 5.41) is 10.8. The highest BCUT2D eigenvalue weighted by Crippen LogP contribution is 2.65. The average Bonchev–Trinajstić information content (AvgIpc) is 3.86. The predicted octanol–water partition coefficient (Wildman–Crippen LogP) is 2.83. The van der Waals surface area contributed by atoms with Crippen molar-refractivity contribution in [2.24, 2.45) is 28.6 Å². The maximum absolute atomic E-state index is 14.6. The first kappa shape index (κ1) is 38.0. The molecule has 5 amide bonds. The van der Waals surface area contributed by atoms with Gasteiger partial charge in [-0.2, -0.15) is 0 Å². The number of carbonyl (C=O) groups is 5. The van der Waals surface area contributed by atoms with Crippen LogP contribution in [0.1, 0.15) is 119 Å². The minimum atomic E-state index is -3.70. The van der Waals surface area contributed by atoms with E-state index in [1.54, 1.807) is 18.9 Å². The van der Waals surface area contributed by atoms with E-state index in [-0.39, 0.29) is 35.3 Å². The van der Waals surface area contributed by atoms with Gasteiger partial charge in [-0.1, -0.05) is 66.7 Å². The van der Waals surface area contributed by atoms with Crippen LogP contribution in [0.3, 0.4) is 0 Å². The normalized spacial score (nSPS) is 28.5. The van der Waals surface area contributed by atoms with Crippen LogP contribution in [0.5, 0.6) is 0 Å². The molecule has 13 nitrogen and oxygen atoms in total. The van der Waals surface area contributed by atoms with Gasteiger partial charge in [-0.25, -0.2) is 17.5 Å². The number of nitrogens with one attached hydrogen (secondary N) is 4. The molecule has 0 unspecified atom stereocenters. The number of piperidine rings is 1. The second-order valence-electron chi connectivity index (χ2n) is 18.3. The lowest BCUT2D eigenvalue weighted by Crippen LogP contribution is -2.66. The third-order valence-electron chi connectivity index (χ3n) is 13.0. The van der Waals surface area contributed by atoms with E-state index < -0.39 is 73.9 Å². The molecule has 1 aliphatic heterocycles. The number of amides is 5. The second-order valence-corrected chi connectivity index (χ2v) is 20.6. The summed E-state index contributed by atoms with van der Waals surface area (Å²) in [5.41, 5.74) is -1.94. The molecule has 0 spiro atoms. The van der Waals surface area contributed by atoms with Crippen molar-refractivity contribution in [3.63, 3.8) is 0 Å². The van der Waals surface area contributed by atoms with Gasteiger partial charge in [0.2, 0.25) is 27.6 Å². The molecule has 14 heteroatoms. The van der Waals surface area contributed by atoms with Gasteiger partial charge in [0.1, 0.15) is 12.1 Å². The summed E-state index contributed by atoms with van der Waals surface area (Å²) in [5.74, 6) is -1.96. The van der Waals surface area contributed by atoms with E-state index >= 15 is 0 Å². The number of nitrogens with zero attached hydrogens (tertiary/aromatic N) is 2. The predicted molar refractivity (Wildman–Crippen MR) is 192 cm³/mol. The number of likely N-dealkylation sites (tertiary alicyclic amines) is 1. The molecular formula is C37H60N6O7S. The molecule has 0 aromatic rings. The Morgan fingerprint density at radius 2 is 1.55 bits per heavy atom. The minimum Gasteiger partial charge on any atom is -0.347 e. The summed E-state index contributed by atoms with van der Waals surface area (Å²) in [6, 6.07) is -3.45. The first-order valence-electron chi connectivity index (χ1n) is 19.3. The molecule has 0 radical (unpaired) electrons. The summed E-state index contributed by atoms with van der Waals surface area (Å²) in [4.78, 5) is 70.3. The zero-order valence-electron chi connectivity index (χ0n) is 31.5. The van der Waals surface area contributed by atoms with E-state index in [4.69, 9.17) is 0 Å². The Morgan fingerprint density at radius 3 is 2.10 bits per heavy atom. The molecule has 51 heavy (non-hydrogen) atoms. The summed E-state index contributed by atoms with van der Waals surface area (Å²) in [6.07, 6.45) is 9.17. The highest BCUT2D eigenvalue weighted by molar-refractivity contribution is 7.89. The van der Waals surface area contributed by atoms with Gasteiger partial charge < -0.3 is 26.2 Å². The van der Waals surface area contributed by atoms with Crippen LogP contribution in [0.2, 0.25) is 0 Å². The molecule has 5 aliphatic carbocycles. The maximum atomic E-state index is 14.6. The van der Waals surface area contributed by atoms with Crippen molar-refractivity contribution in [1.82, 2.24) is 30.5 Å². The number of hydrogen-bond acceptors (Lipinski definition) is 7. The van der Waals surface area contributed by atoms with Crippen molar-refractivity contribution in [3.05, 3.63) is 0 Å². The van der Waals surface area contributed by atoms with E-state index in [0.29, 0.717) is 25.8 Å². The van der Waals surface area contributed by atoms with E-state index in [1.165, 1.54) is 4.31 Å². The zero-order chi connectivity index (χ0) is 37.3. The van der Waals surface area contributed by atoms with Crippen LogP contribution in [0.25, 0.3) is 0 Å². The van der Waals surface area contributed by atoms with Gasteiger partial charge in [0.15, 0.2) is 0 Å². The lowest BCUT2D eigenvalue weighted by Gasteiger charge is -2.44. The third-order valence-corrected chi connectivity index (χ3v) is 15.4. The van der Waals surface area contributed by atoms with Crippen LogP contribution in [0.4, 0.5) is 4.79 Å². The maximum Gasteiger partial charge on any atom is 0.315 e. The largest absolute Gasteiger partial charge is 0.347 e. The number of ketones is 1. The zero-order valence-corrected chi connectivity index (χ0v) is 32.4. The van der Waals surface area contributed by atoms with Crippen LogP contribution in [0.15, 0.2) is 0 Å². The van der Waals surface area contributed by atoms with Crippen molar-refractivity contribution in [2.75, 3.05) is 13.6 Å². The van der Waals surface area contributed by atoms with Crippen molar-refractivity contribution in [3.8, 4) is 0 Å². The molecule has 6 aliphatic rings. The number of fused-ring (bicyclic) bond motifs is 1. The highest BCUT2D eigenvalue weighted by Gasteiger charge is 2.70. The van der Waals surface area contributed by atoms with Gasteiger partial charge in [0.05, 0.1) is 16.8 Å². The number of sulfonamides is 1. The van der Waals surface area contributed by atoms with E-state index in [0.717, 1.165) is 57.8 Å². The van der Waals surface area contributed by atoms with Gasteiger partial charge in [-0.05, 0) is 80.5 Å². The van der Waals surface area contributed by atoms with Crippen LogP contribution >= 0.6 is 0 Å². The molecule has 1 saturated heterocycles. The SMILES string of the molecule is C[C@@H](C1(NC(=O)N[C@H](C(=O)N2C[C@H]3[C@@H]([C@H]2C(=O)N[C@@H](CC2CC2)C(=O)C(=O)NC2CC2)C3(C)C)C(C)(C)C)CCCCC1)S(=O)(=O)N(C)C1CC1. The molecule has 1 heterocycles. The van der Waals surface area contributed by atoms with Crippen LogP contribution in [-0.4, -0.2) is 102 Å². The van der Waals surface area contributed by atoms with Gasteiger partial charge >= 0.3 is 6.03 Å². The summed E-state index contributed by atoms with van der Waals surface area (Å²) in [6.45, 7) is 11.7. The molecule has 0 bridgehead atoms. The molecule has 6 atom stereocenters. The highest BCUT2D eigenvalue weighted by atomic mass is 32.2. The smallest absolute Gasteiger partial charge is 0.315 e. The summed E-state index contributed by atoms with van der Waals surface area (Å²) in [7, 11) is -2.08. The van der Waals surface area contributed by atoms with E-state index in [1.807, 2.05) is 20.8 Å². The molecule has 0 aromatic carbocycles. The standard InChI is InChI=1S/C37H60N6O7S/c1-21(51(49,50)42(7)24-15-16-24)37(17-9-8-10-18-37)41-34(48)40-30(35(2,3)4)33(47)43-20-25-27(36(25,5)6)28(43)31(45)39-26(19-22-11-12-22)29(44)32(46)38-23-13-14-23/h21-28,30H,8-20H2,1-7H3,(H,38,46)(H,39,45)(H2,40,41,48)/t21-,25-,26-,27-,28-,30+/m0/s1. The number of hydrogen-bond donors (Lipinski definition) is 4. The molecular weight excluding hydrogens is 673 g/mol. The fraction of sp³-hybridized carbons (Fsp3) is 0.865. The first-order valence-corrected chi connectivity index (χ1v) is 20.8. The summed E-state index contributed by atoms with van der Waals surface area (Å²) >= 11 is 0. The Bertz CT molecular complexity index is 1520. The van der Waals surface area contributed by atoms with Crippen molar-refractivity contribution < 1.29 is 32.4 Å². The molecule has 286 valence electrons. The van der Waals surface area contributed by atoms with Crippen LogP contribution in [0, 0.1) is 28.6 Å². The first-order chi connectivity index (χ1) is 23.8. The lowest BCUT2D eigenvalue weighted by molar-refractivity contribution is -0.145. The van der Waals surface area contributed by atoms with Gasteiger partial charge in [-0.15, -0.1) is 0 Å². The number of Topliss-reactive ketones (excluding diaryl/α,β-unsaturated/α-hetero) is 1. The van der Waals surface area contributed by atoms with E-state index in [2.05, 4.69) is 35.1 Å². The lowest BCUT2D eigenvalue weighted by atomic mass is 9.79.